The maximum atomic E-state index is 5.61. The topological polar surface area (TPSA) is 37.5 Å². The van der Waals surface area contributed by atoms with Crippen molar-refractivity contribution in [2.45, 2.75) is 51.4 Å². The zero-order valence-corrected chi connectivity index (χ0v) is 11.7. The molecule has 1 aliphatic heterocycles. The van der Waals surface area contributed by atoms with Crippen molar-refractivity contribution >= 4 is 16.9 Å². The Morgan fingerprint density at radius 1 is 1.47 bits per heavy atom. The minimum atomic E-state index is 0.174. The van der Waals surface area contributed by atoms with E-state index < -0.39 is 0 Å². The molecule has 2 heterocycles. The third-order valence-corrected chi connectivity index (χ3v) is 3.89. The third kappa shape index (κ3) is 3.28. The van der Waals surface area contributed by atoms with Crippen molar-refractivity contribution < 1.29 is 4.42 Å². The van der Waals surface area contributed by atoms with E-state index in [0.29, 0.717) is 11.3 Å². The highest BCUT2D eigenvalue weighted by atomic mass is 32.2. The van der Waals surface area contributed by atoms with Crippen molar-refractivity contribution in [2.24, 2.45) is 4.99 Å². The van der Waals surface area contributed by atoms with Crippen LogP contribution in [0.3, 0.4) is 0 Å². The number of aliphatic imine (C=N–C) groups is 1. The maximum Gasteiger partial charge on any atom is 0.157 e. The number of nitrogens with zero attached hydrogens (tertiary/aromatic N) is 1. The molecule has 0 aromatic carbocycles. The van der Waals surface area contributed by atoms with Crippen LogP contribution in [-0.2, 0) is 0 Å². The fraction of sp³-hybridized carbons (Fsp3) is 0.615. The molecule has 0 fully saturated rings. The lowest BCUT2D eigenvalue weighted by atomic mass is 10.2. The van der Waals surface area contributed by atoms with Crippen LogP contribution in [0, 0.1) is 6.92 Å². The molecule has 1 aromatic rings. The Hall–Kier alpha value is -0.900. The van der Waals surface area contributed by atoms with E-state index in [9.17, 15) is 0 Å². The quantitative estimate of drug-likeness (QED) is 0.875. The summed E-state index contributed by atoms with van der Waals surface area (Å²) in [5.41, 5.74) is 0. The summed E-state index contributed by atoms with van der Waals surface area (Å²) < 4.78 is 5.61. The number of hydrogen-bond donors (Lipinski definition) is 1. The summed E-state index contributed by atoms with van der Waals surface area (Å²) in [5, 5.41) is 5.10. The van der Waals surface area contributed by atoms with Crippen LogP contribution in [0.5, 0.6) is 0 Å². The highest BCUT2D eigenvalue weighted by Crippen LogP contribution is 2.26. The Kier molecular flexibility index (Phi) is 3.82. The molecule has 0 bridgehead atoms. The third-order valence-electron chi connectivity index (χ3n) is 2.85. The van der Waals surface area contributed by atoms with Gasteiger partial charge in [0.25, 0.3) is 0 Å². The van der Waals surface area contributed by atoms with Crippen molar-refractivity contribution in [3.8, 4) is 0 Å². The van der Waals surface area contributed by atoms with Crippen LogP contribution in [0.1, 0.15) is 44.8 Å². The minimum Gasteiger partial charge on any atom is -0.464 e. The molecule has 2 rings (SSSR count). The SMILES string of the molecule is Cc1ccc(C(C)NC2=NC(C)CC(C)S2)o1. The molecule has 3 atom stereocenters. The molecular weight excluding hydrogens is 232 g/mol. The number of rotatable bonds is 2. The van der Waals surface area contributed by atoms with E-state index in [-0.39, 0.29) is 6.04 Å². The molecule has 0 radical (unpaired) electrons. The van der Waals surface area contributed by atoms with Gasteiger partial charge in [-0.05, 0) is 39.3 Å². The monoisotopic (exact) mass is 252 g/mol. The number of hydrogen-bond acceptors (Lipinski definition) is 4. The average molecular weight is 252 g/mol. The summed E-state index contributed by atoms with van der Waals surface area (Å²) in [7, 11) is 0. The molecule has 0 amide bonds. The molecule has 0 spiro atoms. The van der Waals surface area contributed by atoms with Crippen LogP contribution in [0.25, 0.3) is 0 Å². The summed E-state index contributed by atoms with van der Waals surface area (Å²) >= 11 is 1.82. The largest absolute Gasteiger partial charge is 0.464 e. The van der Waals surface area contributed by atoms with Crippen LogP contribution in [0.15, 0.2) is 21.5 Å². The van der Waals surface area contributed by atoms with Gasteiger partial charge in [-0.1, -0.05) is 18.7 Å². The van der Waals surface area contributed by atoms with E-state index >= 15 is 0 Å². The van der Waals surface area contributed by atoms with E-state index in [4.69, 9.17) is 4.42 Å². The van der Waals surface area contributed by atoms with E-state index in [2.05, 4.69) is 31.1 Å². The van der Waals surface area contributed by atoms with Crippen LogP contribution in [-0.4, -0.2) is 16.5 Å². The Bertz CT molecular complexity index is 413. The van der Waals surface area contributed by atoms with E-state index in [1.54, 1.807) is 0 Å². The van der Waals surface area contributed by atoms with Crippen molar-refractivity contribution in [3.05, 3.63) is 23.7 Å². The highest BCUT2D eigenvalue weighted by Gasteiger charge is 2.20. The number of thioether (sulfide) groups is 1. The second-order valence-corrected chi connectivity index (χ2v) is 6.19. The number of nitrogens with one attached hydrogen (secondary N) is 1. The molecule has 1 aromatic heterocycles. The predicted octanol–water partition coefficient (Wildman–Crippen LogP) is 3.51. The molecule has 3 nitrogen and oxygen atoms in total. The van der Waals surface area contributed by atoms with E-state index in [1.807, 2.05) is 30.8 Å². The van der Waals surface area contributed by atoms with Gasteiger partial charge in [0.15, 0.2) is 5.17 Å². The Morgan fingerprint density at radius 3 is 2.82 bits per heavy atom. The first-order valence-corrected chi connectivity index (χ1v) is 7.00. The summed E-state index contributed by atoms with van der Waals surface area (Å²) in [6, 6.07) is 4.61. The van der Waals surface area contributed by atoms with Gasteiger partial charge in [0.2, 0.25) is 0 Å². The molecule has 94 valence electrons. The van der Waals surface area contributed by atoms with Crippen LogP contribution in [0.2, 0.25) is 0 Å². The van der Waals surface area contributed by atoms with Gasteiger partial charge in [0, 0.05) is 5.25 Å². The highest BCUT2D eigenvalue weighted by molar-refractivity contribution is 8.14. The fourth-order valence-corrected chi connectivity index (χ4v) is 3.26. The first-order chi connectivity index (χ1) is 8.04. The van der Waals surface area contributed by atoms with Crippen LogP contribution in [0.4, 0.5) is 0 Å². The molecule has 1 aliphatic rings. The maximum absolute atomic E-state index is 5.61. The Labute approximate surface area is 107 Å². The number of amidine groups is 1. The molecule has 0 saturated heterocycles. The molecule has 3 unspecified atom stereocenters. The van der Waals surface area contributed by atoms with Crippen molar-refractivity contribution in [1.82, 2.24) is 5.32 Å². The van der Waals surface area contributed by atoms with E-state index in [1.165, 1.54) is 0 Å². The molecule has 17 heavy (non-hydrogen) atoms. The summed E-state index contributed by atoms with van der Waals surface area (Å²) in [6.07, 6.45) is 1.16. The summed E-state index contributed by atoms with van der Waals surface area (Å²) in [4.78, 5) is 4.63. The molecular formula is C13H20N2OS. The summed E-state index contributed by atoms with van der Waals surface area (Å²) in [5.74, 6) is 1.92. The lowest BCUT2D eigenvalue weighted by molar-refractivity contribution is 0.443. The lowest BCUT2D eigenvalue weighted by Gasteiger charge is -2.24. The zero-order valence-electron chi connectivity index (χ0n) is 10.9. The fourth-order valence-electron chi connectivity index (χ4n) is 2.02. The lowest BCUT2D eigenvalue weighted by Crippen LogP contribution is -2.30. The van der Waals surface area contributed by atoms with Crippen molar-refractivity contribution in [1.29, 1.82) is 0 Å². The number of furan rings is 1. The first kappa shape index (κ1) is 12.6. The van der Waals surface area contributed by atoms with E-state index in [0.717, 1.165) is 23.1 Å². The first-order valence-electron chi connectivity index (χ1n) is 6.12. The standard InChI is InChI=1S/C13H20N2OS/c1-8-7-10(3)17-13(14-8)15-11(4)12-6-5-9(2)16-12/h5-6,8,10-11H,7H2,1-4H3,(H,14,15). The predicted molar refractivity (Wildman–Crippen MR) is 73.6 cm³/mol. The van der Waals surface area contributed by atoms with Gasteiger partial charge in [0.05, 0.1) is 12.1 Å². The van der Waals surface area contributed by atoms with Gasteiger partial charge < -0.3 is 9.73 Å². The van der Waals surface area contributed by atoms with Gasteiger partial charge in [-0.3, -0.25) is 4.99 Å². The van der Waals surface area contributed by atoms with Gasteiger partial charge in [-0.15, -0.1) is 0 Å². The van der Waals surface area contributed by atoms with Crippen molar-refractivity contribution in [2.75, 3.05) is 0 Å². The Balaban J connectivity index is 2.01. The normalized spacial score (nSPS) is 26.5. The van der Waals surface area contributed by atoms with Gasteiger partial charge in [0.1, 0.15) is 11.5 Å². The second-order valence-electron chi connectivity index (χ2n) is 4.76. The van der Waals surface area contributed by atoms with Crippen LogP contribution >= 0.6 is 11.8 Å². The summed E-state index contributed by atoms with van der Waals surface area (Å²) in [6.45, 7) is 8.48. The van der Waals surface area contributed by atoms with Gasteiger partial charge in [-0.2, -0.15) is 0 Å². The molecule has 4 heteroatoms. The zero-order chi connectivity index (χ0) is 12.4. The van der Waals surface area contributed by atoms with Gasteiger partial charge in [-0.25, -0.2) is 0 Å². The Morgan fingerprint density at radius 2 is 2.24 bits per heavy atom. The van der Waals surface area contributed by atoms with Crippen molar-refractivity contribution in [3.63, 3.8) is 0 Å². The smallest absolute Gasteiger partial charge is 0.157 e. The molecule has 0 saturated carbocycles. The van der Waals surface area contributed by atoms with Crippen LogP contribution < -0.4 is 5.32 Å². The second kappa shape index (κ2) is 5.17. The molecule has 0 aliphatic carbocycles. The number of aryl methyl sites for hydroxylation is 1. The minimum absolute atomic E-state index is 0.174. The average Bonchev–Trinajstić information content (AvgIpc) is 2.63. The molecule has 1 N–H and O–H groups in total. The van der Waals surface area contributed by atoms with Gasteiger partial charge >= 0.3 is 0 Å².